The standard InChI is InChI=1S/C9H12Cl2O2/c10-7(12)9(8(11)13)5-3-1-2-4-6-9/h1-6H2. The third-order valence-corrected chi connectivity index (χ3v) is 3.43. The largest absolute Gasteiger partial charge is 0.280 e. The van der Waals surface area contributed by atoms with Crippen LogP contribution in [0.1, 0.15) is 38.5 Å². The summed E-state index contributed by atoms with van der Waals surface area (Å²) in [7, 11) is 0. The molecule has 0 atom stereocenters. The van der Waals surface area contributed by atoms with E-state index in [1.165, 1.54) is 0 Å². The summed E-state index contributed by atoms with van der Waals surface area (Å²) in [6.07, 6.45) is 4.84. The van der Waals surface area contributed by atoms with Gasteiger partial charge in [-0.1, -0.05) is 25.7 Å². The molecule has 0 amide bonds. The Morgan fingerprint density at radius 1 is 0.846 bits per heavy atom. The highest BCUT2D eigenvalue weighted by molar-refractivity contribution is 6.74. The summed E-state index contributed by atoms with van der Waals surface area (Å²) < 4.78 is 0. The van der Waals surface area contributed by atoms with Crippen molar-refractivity contribution in [3.63, 3.8) is 0 Å². The SMILES string of the molecule is O=C(Cl)C1(C(=O)Cl)CCCCCC1. The molecule has 0 aromatic heterocycles. The van der Waals surface area contributed by atoms with Gasteiger partial charge >= 0.3 is 0 Å². The molecule has 0 radical (unpaired) electrons. The average Bonchev–Trinajstić information content (AvgIpc) is 2.28. The lowest BCUT2D eigenvalue weighted by atomic mass is 9.83. The van der Waals surface area contributed by atoms with E-state index in [9.17, 15) is 9.59 Å². The van der Waals surface area contributed by atoms with Crippen molar-refractivity contribution in [1.82, 2.24) is 0 Å². The van der Waals surface area contributed by atoms with Gasteiger partial charge in [0.15, 0.2) is 0 Å². The Kier molecular flexibility index (Phi) is 3.74. The molecule has 2 nitrogen and oxygen atoms in total. The van der Waals surface area contributed by atoms with Crippen molar-refractivity contribution in [2.75, 3.05) is 0 Å². The Morgan fingerprint density at radius 2 is 1.23 bits per heavy atom. The zero-order valence-electron chi connectivity index (χ0n) is 7.32. The van der Waals surface area contributed by atoms with Crippen LogP contribution >= 0.6 is 23.2 Å². The van der Waals surface area contributed by atoms with E-state index in [1.54, 1.807) is 0 Å². The number of halogens is 2. The first-order valence-corrected chi connectivity index (χ1v) is 5.25. The highest BCUT2D eigenvalue weighted by atomic mass is 35.5. The Bertz CT molecular complexity index is 202. The second-order valence-electron chi connectivity index (χ2n) is 3.54. The molecule has 1 rings (SSSR count). The van der Waals surface area contributed by atoms with Crippen LogP contribution in [0, 0.1) is 5.41 Å². The molecule has 0 aromatic carbocycles. The molecular formula is C9H12Cl2O2. The van der Waals surface area contributed by atoms with Crippen LogP contribution in [0.15, 0.2) is 0 Å². The fourth-order valence-corrected chi connectivity index (χ4v) is 2.40. The smallest absolute Gasteiger partial charge is 0.236 e. The van der Waals surface area contributed by atoms with E-state index >= 15 is 0 Å². The van der Waals surface area contributed by atoms with Crippen molar-refractivity contribution in [2.24, 2.45) is 5.41 Å². The zero-order chi connectivity index (χ0) is 9.90. The van der Waals surface area contributed by atoms with Crippen LogP contribution in [0.25, 0.3) is 0 Å². The van der Waals surface area contributed by atoms with E-state index in [4.69, 9.17) is 23.2 Å². The van der Waals surface area contributed by atoms with Gasteiger partial charge in [-0.25, -0.2) is 0 Å². The van der Waals surface area contributed by atoms with Gasteiger partial charge in [0.05, 0.1) is 0 Å². The molecule has 74 valence electrons. The minimum Gasteiger partial charge on any atom is -0.280 e. The molecule has 0 saturated heterocycles. The highest BCUT2D eigenvalue weighted by Gasteiger charge is 2.43. The maximum absolute atomic E-state index is 11.2. The molecule has 1 saturated carbocycles. The van der Waals surface area contributed by atoms with Crippen molar-refractivity contribution < 1.29 is 9.59 Å². The fourth-order valence-electron chi connectivity index (χ4n) is 1.80. The van der Waals surface area contributed by atoms with Gasteiger partial charge in [-0.3, -0.25) is 9.59 Å². The summed E-state index contributed by atoms with van der Waals surface area (Å²) in [5, 5.41) is -1.18. The molecule has 1 aliphatic rings. The van der Waals surface area contributed by atoms with Gasteiger partial charge in [-0.2, -0.15) is 0 Å². The Balaban J connectivity index is 2.86. The quantitative estimate of drug-likeness (QED) is 0.409. The summed E-state index contributed by atoms with van der Waals surface area (Å²) in [5.74, 6) is 0. The minimum atomic E-state index is -1.08. The molecule has 0 spiro atoms. The average molecular weight is 223 g/mol. The van der Waals surface area contributed by atoms with Crippen LogP contribution in [0.3, 0.4) is 0 Å². The maximum atomic E-state index is 11.2. The fraction of sp³-hybridized carbons (Fsp3) is 0.778. The van der Waals surface area contributed by atoms with E-state index in [1.807, 2.05) is 0 Å². The van der Waals surface area contributed by atoms with Crippen molar-refractivity contribution in [2.45, 2.75) is 38.5 Å². The molecule has 13 heavy (non-hydrogen) atoms. The van der Waals surface area contributed by atoms with Crippen LogP contribution in [0.2, 0.25) is 0 Å². The van der Waals surface area contributed by atoms with E-state index in [0.717, 1.165) is 25.7 Å². The van der Waals surface area contributed by atoms with E-state index in [-0.39, 0.29) is 0 Å². The third-order valence-electron chi connectivity index (χ3n) is 2.71. The lowest BCUT2D eigenvalue weighted by Crippen LogP contribution is -2.33. The van der Waals surface area contributed by atoms with Crippen LogP contribution in [-0.2, 0) is 9.59 Å². The normalized spacial score (nSPS) is 22.0. The molecule has 0 aliphatic heterocycles. The van der Waals surface area contributed by atoms with Crippen LogP contribution < -0.4 is 0 Å². The Hall–Kier alpha value is -0.0800. The Morgan fingerprint density at radius 3 is 1.54 bits per heavy atom. The summed E-state index contributed by atoms with van der Waals surface area (Å²) >= 11 is 10.9. The molecule has 4 heteroatoms. The molecule has 1 fully saturated rings. The first-order chi connectivity index (χ1) is 6.09. The number of carbonyl (C=O) groups is 2. The highest BCUT2D eigenvalue weighted by Crippen LogP contribution is 2.39. The molecule has 0 heterocycles. The van der Waals surface area contributed by atoms with Gasteiger partial charge < -0.3 is 0 Å². The van der Waals surface area contributed by atoms with E-state index in [0.29, 0.717) is 12.8 Å². The van der Waals surface area contributed by atoms with Gasteiger partial charge in [0.1, 0.15) is 5.41 Å². The second kappa shape index (κ2) is 4.43. The van der Waals surface area contributed by atoms with Crippen molar-refractivity contribution >= 4 is 33.7 Å². The lowest BCUT2D eigenvalue weighted by Gasteiger charge is -2.23. The van der Waals surface area contributed by atoms with Crippen molar-refractivity contribution in [3.05, 3.63) is 0 Å². The molecule has 0 unspecified atom stereocenters. The monoisotopic (exact) mass is 222 g/mol. The summed E-state index contributed by atoms with van der Waals surface area (Å²) in [4.78, 5) is 22.4. The van der Waals surface area contributed by atoms with Crippen LogP contribution in [0.4, 0.5) is 0 Å². The topological polar surface area (TPSA) is 34.1 Å². The number of hydrogen-bond donors (Lipinski definition) is 0. The lowest BCUT2D eigenvalue weighted by molar-refractivity contribution is -0.132. The van der Waals surface area contributed by atoms with Crippen molar-refractivity contribution in [3.8, 4) is 0 Å². The van der Waals surface area contributed by atoms with Gasteiger partial charge in [0, 0.05) is 0 Å². The first kappa shape index (κ1) is 11.0. The number of rotatable bonds is 2. The third kappa shape index (κ3) is 2.23. The molecule has 1 aliphatic carbocycles. The van der Waals surface area contributed by atoms with Crippen LogP contribution in [0.5, 0.6) is 0 Å². The number of carbonyl (C=O) groups excluding carboxylic acids is 2. The summed E-state index contributed by atoms with van der Waals surface area (Å²) in [6, 6.07) is 0. The minimum absolute atomic E-state index is 0.512. The van der Waals surface area contributed by atoms with Crippen molar-refractivity contribution in [1.29, 1.82) is 0 Å². The van der Waals surface area contributed by atoms with Gasteiger partial charge in [-0.15, -0.1) is 0 Å². The first-order valence-electron chi connectivity index (χ1n) is 4.49. The summed E-state index contributed by atoms with van der Waals surface area (Å²) in [6.45, 7) is 0. The predicted molar refractivity (Wildman–Crippen MR) is 51.9 cm³/mol. The zero-order valence-corrected chi connectivity index (χ0v) is 8.83. The van der Waals surface area contributed by atoms with E-state index < -0.39 is 15.9 Å². The molecule has 0 N–H and O–H groups in total. The van der Waals surface area contributed by atoms with E-state index in [2.05, 4.69) is 0 Å². The number of hydrogen-bond acceptors (Lipinski definition) is 2. The van der Waals surface area contributed by atoms with Gasteiger partial charge in [0.25, 0.3) is 0 Å². The second-order valence-corrected chi connectivity index (χ2v) is 4.23. The molecule has 0 aromatic rings. The van der Waals surface area contributed by atoms with Crippen LogP contribution in [-0.4, -0.2) is 10.5 Å². The molecular weight excluding hydrogens is 211 g/mol. The predicted octanol–water partition coefficient (Wildman–Crippen LogP) is 2.86. The van der Waals surface area contributed by atoms with Gasteiger partial charge in [-0.05, 0) is 36.0 Å². The maximum Gasteiger partial charge on any atom is 0.236 e. The molecule has 0 bridgehead atoms. The summed E-state index contributed by atoms with van der Waals surface area (Å²) in [5.41, 5.74) is -1.08. The van der Waals surface area contributed by atoms with Gasteiger partial charge in [0.2, 0.25) is 10.5 Å². The Labute approximate surface area is 87.6 Å².